The zero-order chi connectivity index (χ0) is 20.4. The van der Waals surface area contributed by atoms with E-state index in [-0.39, 0.29) is 11.7 Å². The molecule has 2 aromatic heterocycles. The Morgan fingerprint density at radius 2 is 1.90 bits per heavy atom. The Morgan fingerprint density at radius 3 is 2.69 bits per heavy atom. The van der Waals surface area contributed by atoms with Gasteiger partial charge >= 0.3 is 0 Å². The van der Waals surface area contributed by atoms with Crippen LogP contribution in [0.3, 0.4) is 0 Å². The van der Waals surface area contributed by atoms with Crippen molar-refractivity contribution in [1.29, 1.82) is 0 Å². The number of hydrogen-bond acceptors (Lipinski definition) is 4. The lowest BCUT2D eigenvalue weighted by Gasteiger charge is -2.10. The van der Waals surface area contributed by atoms with Crippen molar-refractivity contribution in [2.75, 3.05) is 0 Å². The zero-order valence-electron chi connectivity index (χ0n) is 16.1. The van der Waals surface area contributed by atoms with Gasteiger partial charge in [-0.15, -0.1) is 0 Å². The lowest BCUT2D eigenvalue weighted by molar-refractivity contribution is 0.0955. The third kappa shape index (κ3) is 3.73. The first-order valence-electron chi connectivity index (χ1n) is 9.19. The predicted octanol–water partition coefficient (Wildman–Crippen LogP) is 4.11. The summed E-state index contributed by atoms with van der Waals surface area (Å²) in [6.07, 6.45) is 3.43. The highest BCUT2D eigenvalue weighted by Crippen LogP contribution is 2.23. The van der Waals surface area contributed by atoms with Crippen molar-refractivity contribution in [2.45, 2.75) is 13.8 Å². The van der Waals surface area contributed by atoms with Crippen LogP contribution in [0.5, 0.6) is 5.75 Å². The number of aromatic nitrogens is 2. The van der Waals surface area contributed by atoms with Gasteiger partial charge < -0.3 is 9.67 Å². The van der Waals surface area contributed by atoms with E-state index in [9.17, 15) is 9.90 Å². The number of aryl methyl sites for hydroxylation is 1. The lowest BCUT2D eigenvalue weighted by atomic mass is 10.2. The van der Waals surface area contributed by atoms with Crippen LogP contribution < -0.4 is 5.43 Å². The molecule has 6 nitrogen and oxygen atoms in total. The second-order valence-corrected chi connectivity index (χ2v) is 6.79. The highest BCUT2D eigenvalue weighted by atomic mass is 16.3. The van der Waals surface area contributed by atoms with E-state index in [4.69, 9.17) is 0 Å². The Kier molecular flexibility index (Phi) is 4.83. The average Bonchev–Trinajstić information content (AvgIpc) is 3.01. The number of amides is 1. The highest BCUT2D eigenvalue weighted by Gasteiger charge is 2.10. The van der Waals surface area contributed by atoms with Crippen LogP contribution in [0, 0.1) is 13.8 Å². The number of rotatable bonds is 4. The maximum absolute atomic E-state index is 12.1. The van der Waals surface area contributed by atoms with Crippen molar-refractivity contribution in [2.24, 2.45) is 5.10 Å². The van der Waals surface area contributed by atoms with Crippen molar-refractivity contribution in [3.05, 3.63) is 89.4 Å². The lowest BCUT2D eigenvalue weighted by Crippen LogP contribution is -2.17. The maximum atomic E-state index is 12.1. The second kappa shape index (κ2) is 7.59. The molecular formula is C23H20N4O2. The molecule has 0 saturated heterocycles. The van der Waals surface area contributed by atoms with Crippen LogP contribution >= 0.6 is 0 Å². The van der Waals surface area contributed by atoms with E-state index in [1.54, 1.807) is 24.5 Å². The monoisotopic (exact) mass is 384 g/mol. The summed E-state index contributed by atoms with van der Waals surface area (Å²) in [6.45, 7) is 4.05. The molecule has 0 spiro atoms. The molecule has 6 heteroatoms. The smallest absolute Gasteiger partial charge is 0.271 e. The van der Waals surface area contributed by atoms with Crippen LogP contribution in [0.1, 0.15) is 27.3 Å². The zero-order valence-corrected chi connectivity index (χ0v) is 16.1. The Labute approximate surface area is 168 Å². The van der Waals surface area contributed by atoms with Gasteiger partial charge in [-0.1, -0.05) is 6.07 Å². The van der Waals surface area contributed by atoms with Gasteiger partial charge in [0.2, 0.25) is 0 Å². The number of benzene rings is 2. The minimum atomic E-state index is -0.336. The molecule has 4 aromatic rings. The molecule has 4 rings (SSSR count). The highest BCUT2D eigenvalue weighted by molar-refractivity contribution is 5.95. The SMILES string of the molecule is Cc1cc(/C=N\NC(=O)c2ccc(O)cc2)c(C)n1-c1ccc2ncccc2c1. The molecule has 0 aliphatic carbocycles. The first kappa shape index (κ1) is 18.4. The number of fused-ring (bicyclic) bond motifs is 1. The van der Waals surface area contributed by atoms with Gasteiger partial charge in [-0.05, 0) is 68.4 Å². The van der Waals surface area contributed by atoms with Crippen LogP contribution in [0.2, 0.25) is 0 Å². The van der Waals surface area contributed by atoms with Crippen LogP contribution in [0.4, 0.5) is 0 Å². The molecule has 144 valence electrons. The molecule has 0 fully saturated rings. The number of nitrogens with one attached hydrogen (secondary N) is 1. The molecule has 1 amide bonds. The summed E-state index contributed by atoms with van der Waals surface area (Å²) < 4.78 is 2.15. The van der Waals surface area contributed by atoms with Gasteiger partial charge in [-0.25, -0.2) is 5.43 Å². The van der Waals surface area contributed by atoms with Crippen molar-refractivity contribution in [3.63, 3.8) is 0 Å². The number of carbonyl (C=O) groups is 1. The minimum absolute atomic E-state index is 0.113. The summed E-state index contributed by atoms with van der Waals surface area (Å²) in [4.78, 5) is 16.5. The summed E-state index contributed by atoms with van der Waals surface area (Å²) in [7, 11) is 0. The normalized spacial score (nSPS) is 11.2. The fourth-order valence-electron chi connectivity index (χ4n) is 3.36. The fraction of sp³-hybridized carbons (Fsp3) is 0.0870. The van der Waals surface area contributed by atoms with Gasteiger partial charge in [0.25, 0.3) is 5.91 Å². The number of carbonyl (C=O) groups excluding carboxylic acids is 1. The van der Waals surface area contributed by atoms with Crippen molar-refractivity contribution in [3.8, 4) is 11.4 Å². The molecule has 0 radical (unpaired) electrons. The Morgan fingerprint density at radius 1 is 1.10 bits per heavy atom. The second-order valence-electron chi connectivity index (χ2n) is 6.79. The van der Waals surface area contributed by atoms with Gasteiger partial charge in [0, 0.05) is 39.8 Å². The van der Waals surface area contributed by atoms with Gasteiger partial charge in [0.05, 0.1) is 11.7 Å². The van der Waals surface area contributed by atoms with Crippen LogP contribution in [0.25, 0.3) is 16.6 Å². The van der Waals surface area contributed by atoms with E-state index in [0.717, 1.165) is 33.5 Å². The number of hydrazone groups is 1. The van der Waals surface area contributed by atoms with Gasteiger partial charge in [-0.3, -0.25) is 9.78 Å². The van der Waals surface area contributed by atoms with Crippen LogP contribution in [-0.4, -0.2) is 26.8 Å². The number of aromatic hydroxyl groups is 1. The summed E-state index contributed by atoms with van der Waals surface area (Å²) in [6, 6.07) is 18.2. The summed E-state index contributed by atoms with van der Waals surface area (Å²) >= 11 is 0. The Hall–Kier alpha value is -3.93. The minimum Gasteiger partial charge on any atom is -0.508 e. The topological polar surface area (TPSA) is 79.5 Å². The number of nitrogens with zero attached hydrogens (tertiary/aromatic N) is 3. The molecule has 0 unspecified atom stereocenters. The molecule has 2 heterocycles. The summed E-state index contributed by atoms with van der Waals surface area (Å²) in [5.74, 6) is -0.223. The molecule has 2 aromatic carbocycles. The van der Waals surface area contributed by atoms with E-state index in [2.05, 4.69) is 26.1 Å². The Balaban J connectivity index is 1.57. The molecule has 0 aliphatic rings. The first-order valence-corrected chi connectivity index (χ1v) is 9.19. The van der Waals surface area contributed by atoms with E-state index in [1.165, 1.54) is 12.1 Å². The van der Waals surface area contributed by atoms with Crippen LogP contribution in [-0.2, 0) is 0 Å². The molecule has 0 bridgehead atoms. The van der Waals surface area contributed by atoms with Crippen molar-refractivity contribution in [1.82, 2.24) is 15.0 Å². The number of phenols is 1. The average molecular weight is 384 g/mol. The standard InChI is InChI=1S/C23H20N4O2/c1-15-12-19(14-25-26-23(29)17-5-8-21(28)9-6-17)16(2)27(15)20-7-10-22-18(13-20)4-3-11-24-22/h3-14,28H,1-2H3,(H,26,29)/b25-14-. The molecule has 29 heavy (non-hydrogen) atoms. The first-order chi connectivity index (χ1) is 14.0. The quantitative estimate of drug-likeness (QED) is 0.410. The molecule has 0 atom stereocenters. The maximum Gasteiger partial charge on any atom is 0.271 e. The third-order valence-corrected chi connectivity index (χ3v) is 4.81. The molecule has 2 N–H and O–H groups in total. The van der Waals surface area contributed by atoms with Gasteiger partial charge in [0.1, 0.15) is 5.75 Å². The number of pyridine rings is 1. The van der Waals surface area contributed by atoms with E-state index in [1.807, 2.05) is 44.2 Å². The summed E-state index contributed by atoms with van der Waals surface area (Å²) in [5.41, 5.74) is 7.95. The predicted molar refractivity (Wildman–Crippen MR) is 114 cm³/mol. The number of phenolic OH excluding ortho intramolecular Hbond substituents is 1. The molecule has 0 aliphatic heterocycles. The molecular weight excluding hydrogens is 364 g/mol. The van der Waals surface area contributed by atoms with Gasteiger partial charge in [0.15, 0.2) is 0 Å². The fourth-order valence-corrected chi connectivity index (χ4v) is 3.36. The van der Waals surface area contributed by atoms with Crippen molar-refractivity contribution < 1.29 is 9.90 Å². The van der Waals surface area contributed by atoms with E-state index in [0.29, 0.717) is 5.56 Å². The third-order valence-electron chi connectivity index (χ3n) is 4.81. The Bertz CT molecular complexity index is 1220. The number of hydrogen-bond donors (Lipinski definition) is 2. The van der Waals surface area contributed by atoms with Crippen LogP contribution in [0.15, 0.2) is 72.0 Å². The van der Waals surface area contributed by atoms with Crippen molar-refractivity contribution >= 4 is 23.0 Å². The van der Waals surface area contributed by atoms with E-state index >= 15 is 0 Å². The summed E-state index contributed by atoms with van der Waals surface area (Å²) in [5, 5.41) is 14.5. The van der Waals surface area contributed by atoms with E-state index < -0.39 is 0 Å². The largest absolute Gasteiger partial charge is 0.508 e. The molecule has 0 saturated carbocycles. The van der Waals surface area contributed by atoms with Gasteiger partial charge in [-0.2, -0.15) is 5.10 Å².